The van der Waals surface area contributed by atoms with Crippen LogP contribution in [0.1, 0.15) is 19.4 Å². The van der Waals surface area contributed by atoms with E-state index in [0.717, 1.165) is 23.5 Å². The lowest BCUT2D eigenvalue weighted by Crippen LogP contribution is -2.29. The van der Waals surface area contributed by atoms with Crippen LogP contribution in [0.15, 0.2) is 59.7 Å². The van der Waals surface area contributed by atoms with E-state index in [9.17, 15) is 4.79 Å². The van der Waals surface area contributed by atoms with E-state index in [1.165, 1.54) is 12.5 Å². The average molecular weight is 325 g/mol. The van der Waals surface area contributed by atoms with Crippen LogP contribution in [0.25, 0.3) is 0 Å². The van der Waals surface area contributed by atoms with Crippen LogP contribution in [0.3, 0.4) is 0 Å². The molecule has 0 bridgehead atoms. The Kier molecular flexibility index (Phi) is 4.05. The third kappa shape index (κ3) is 2.68. The molecule has 1 aliphatic rings. The minimum Gasteiger partial charge on any atom is -0.306 e. The number of fused-ring (bicyclic) bond motifs is 1. The summed E-state index contributed by atoms with van der Waals surface area (Å²) in [7, 11) is 0. The summed E-state index contributed by atoms with van der Waals surface area (Å²) in [5.41, 5.74) is 4.69. The molecule has 0 aliphatic carbocycles. The van der Waals surface area contributed by atoms with E-state index >= 15 is 0 Å². The molecule has 3 nitrogen and oxygen atoms in total. The number of Topliss-reactive ketones (excluding diaryl/α,β-unsaturated/α-hetero) is 1. The molecule has 1 heterocycles. The van der Waals surface area contributed by atoms with Crippen LogP contribution in [-0.4, -0.2) is 11.5 Å². The summed E-state index contributed by atoms with van der Waals surface area (Å²) in [6.45, 7) is 7.72. The van der Waals surface area contributed by atoms with Crippen molar-refractivity contribution in [2.75, 3.05) is 4.90 Å². The molecule has 0 atom stereocenters. The number of allylic oxidation sites excluding steroid dienone is 1. The molecule has 0 saturated carbocycles. The fourth-order valence-electron chi connectivity index (χ4n) is 2.79. The molecule has 0 radical (unpaired) electrons. The topological polar surface area (TPSA) is 32.7 Å². The quantitative estimate of drug-likeness (QED) is 0.774. The number of carbonyl (C=O) groups excluding carboxylic acids is 1. The van der Waals surface area contributed by atoms with Gasteiger partial charge in [-0.2, -0.15) is 0 Å². The second-order valence-electron chi connectivity index (χ2n) is 5.41. The van der Waals surface area contributed by atoms with Crippen molar-refractivity contribution < 1.29 is 4.79 Å². The Hall–Kier alpha value is -2.39. The lowest BCUT2D eigenvalue weighted by Gasteiger charge is -2.33. The van der Waals surface area contributed by atoms with E-state index in [4.69, 9.17) is 11.6 Å². The minimum atomic E-state index is -0.102. The highest BCUT2D eigenvalue weighted by atomic mass is 35.5. The van der Waals surface area contributed by atoms with E-state index in [0.29, 0.717) is 16.4 Å². The maximum absolute atomic E-state index is 12.0. The molecule has 0 saturated heterocycles. The summed E-state index contributed by atoms with van der Waals surface area (Å²) in [4.78, 5) is 18.4. The lowest BCUT2D eigenvalue weighted by molar-refractivity contribution is -0.111. The zero-order valence-electron chi connectivity index (χ0n) is 13.1. The Morgan fingerprint density at radius 2 is 1.96 bits per heavy atom. The fourth-order valence-corrected chi connectivity index (χ4v) is 2.96. The van der Waals surface area contributed by atoms with Crippen LogP contribution in [0.4, 0.5) is 17.1 Å². The molecule has 0 spiro atoms. The number of aryl methyl sites for hydroxylation is 1. The van der Waals surface area contributed by atoms with E-state index in [2.05, 4.69) is 24.6 Å². The SMILES string of the molecule is C=C1C(C(C)=O)=Nc2ccc(Cl)cc2N1c1ccccc1CC. The van der Waals surface area contributed by atoms with Crippen molar-refractivity contribution in [3.63, 3.8) is 0 Å². The van der Waals surface area contributed by atoms with Crippen molar-refractivity contribution >= 4 is 40.2 Å². The smallest absolute Gasteiger partial charge is 0.180 e. The van der Waals surface area contributed by atoms with Gasteiger partial charge in [-0.3, -0.25) is 4.79 Å². The molecule has 0 fully saturated rings. The predicted molar refractivity (Wildman–Crippen MR) is 96.3 cm³/mol. The Bertz CT molecular complexity index is 839. The molecule has 116 valence electrons. The van der Waals surface area contributed by atoms with Crippen molar-refractivity contribution in [3.05, 3.63) is 65.3 Å². The summed E-state index contributed by atoms with van der Waals surface area (Å²) in [5.74, 6) is -0.102. The molecular formula is C19H17ClN2O. The molecular weight excluding hydrogens is 308 g/mol. The number of hydrogen-bond acceptors (Lipinski definition) is 3. The number of ketones is 1. The monoisotopic (exact) mass is 324 g/mol. The van der Waals surface area contributed by atoms with Crippen molar-refractivity contribution in [1.82, 2.24) is 0 Å². The van der Waals surface area contributed by atoms with Crippen LogP contribution in [-0.2, 0) is 11.2 Å². The zero-order valence-corrected chi connectivity index (χ0v) is 13.9. The van der Waals surface area contributed by atoms with E-state index in [1.54, 1.807) is 6.07 Å². The van der Waals surface area contributed by atoms with Crippen LogP contribution < -0.4 is 4.90 Å². The van der Waals surface area contributed by atoms with Gasteiger partial charge < -0.3 is 4.90 Å². The van der Waals surface area contributed by atoms with Gasteiger partial charge in [0.05, 0.1) is 17.1 Å². The first kappa shape index (κ1) is 15.5. The Morgan fingerprint density at radius 1 is 1.22 bits per heavy atom. The highest BCUT2D eigenvalue weighted by Gasteiger charge is 2.28. The van der Waals surface area contributed by atoms with Gasteiger partial charge in [0.25, 0.3) is 0 Å². The molecule has 4 heteroatoms. The first-order valence-corrected chi connectivity index (χ1v) is 7.87. The normalized spacial score (nSPS) is 13.6. The number of benzene rings is 2. The number of nitrogens with zero attached hydrogens (tertiary/aromatic N) is 2. The van der Waals surface area contributed by atoms with Gasteiger partial charge in [0.1, 0.15) is 5.71 Å². The molecule has 23 heavy (non-hydrogen) atoms. The highest BCUT2D eigenvalue weighted by molar-refractivity contribution is 6.47. The molecule has 0 N–H and O–H groups in total. The van der Waals surface area contributed by atoms with Gasteiger partial charge in [-0.1, -0.05) is 43.3 Å². The fraction of sp³-hybridized carbons (Fsp3) is 0.158. The van der Waals surface area contributed by atoms with Gasteiger partial charge in [0, 0.05) is 17.6 Å². The molecule has 1 aliphatic heterocycles. The highest BCUT2D eigenvalue weighted by Crippen LogP contribution is 2.43. The Balaban J connectivity index is 2.27. The van der Waals surface area contributed by atoms with Gasteiger partial charge in [-0.15, -0.1) is 0 Å². The zero-order chi connectivity index (χ0) is 16.6. The largest absolute Gasteiger partial charge is 0.306 e. The number of rotatable bonds is 3. The maximum Gasteiger partial charge on any atom is 0.180 e. The van der Waals surface area contributed by atoms with E-state index in [-0.39, 0.29) is 5.78 Å². The summed E-state index contributed by atoms with van der Waals surface area (Å²) >= 11 is 6.18. The number of anilines is 2. The summed E-state index contributed by atoms with van der Waals surface area (Å²) in [6.07, 6.45) is 0.877. The molecule has 3 rings (SSSR count). The standard InChI is InChI=1S/C19H17ClN2O/c1-4-14-7-5-6-8-17(14)22-12(2)19(13(3)23)21-16-10-9-15(20)11-18(16)22/h5-11H,2,4H2,1,3H3. The second-order valence-corrected chi connectivity index (χ2v) is 5.85. The van der Waals surface area contributed by atoms with E-state index in [1.807, 2.05) is 35.2 Å². The van der Waals surface area contributed by atoms with Crippen LogP contribution >= 0.6 is 11.6 Å². The lowest BCUT2D eigenvalue weighted by atomic mass is 10.0. The van der Waals surface area contributed by atoms with Crippen LogP contribution in [0.5, 0.6) is 0 Å². The van der Waals surface area contributed by atoms with Gasteiger partial charge in [-0.25, -0.2) is 4.99 Å². The van der Waals surface area contributed by atoms with Crippen molar-refractivity contribution in [3.8, 4) is 0 Å². The summed E-state index contributed by atoms with van der Waals surface area (Å²) in [5, 5.41) is 0.622. The maximum atomic E-state index is 12.0. The third-order valence-corrected chi connectivity index (χ3v) is 4.14. The van der Waals surface area contributed by atoms with Crippen molar-refractivity contribution in [1.29, 1.82) is 0 Å². The molecule has 0 amide bonds. The summed E-state index contributed by atoms with van der Waals surface area (Å²) in [6, 6.07) is 13.5. The third-order valence-electron chi connectivity index (χ3n) is 3.90. The molecule has 0 unspecified atom stereocenters. The Morgan fingerprint density at radius 3 is 2.65 bits per heavy atom. The molecule has 2 aromatic rings. The van der Waals surface area contributed by atoms with Crippen LogP contribution in [0, 0.1) is 0 Å². The molecule has 2 aromatic carbocycles. The summed E-state index contributed by atoms with van der Waals surface area (Å²) < 4.78 is 0. The second kappa shape index (κ2) is 6.01. The molecule has 0 aromatic heterocycles. The number of aliphatic imine (C=N–C) groups is 1. The van der Waals surface area contributed by atoms with E-state index < -0.39 is 0 Å². The number of hydrogen-bond donors (Lipinski definition) is 0. The number of halogens is 1. The van der Waals surface area contributed by atoms with Crippen molar-refractivity contribution in [2.45, 2.75) is 20.3 Å². The first-order valence-electron chi connectivity index (χ1n) is 7.49. The van der Waals surface area contributed by atoms with Gasteiger partial charge >= 0.3 is 0 Å². The van der Waals surface area contributed by atoms with Crippen LogP contribution in [0.2, 0.25) is 5.02 Å². The first-order chi connectivity index (χ1) is 11.0. The number of carbonyl (C=O) groups is 1. The predicted octanol–water partition coefficient (Wildman–Crippen LogP) is 5.23. The van der Waals surface area contributed by atoms with Gasteiger partial charge in [0.2, 0.25) is 0 Å². The Labute approximate surface area is 140 Å². The average Bonchev–Trinajstić information content (AvgIpc) is 2.54. The van der Waals surface area contributed by atoms with Crippen molar-refractivity contribution in [2.24, 2.45) is 4.99 Å². The van der Waals surface area contributed by atoms with Gasteiger partial charge in [0.15, 0.2) is 5.78 Å². The number of para-hydroxylation sites is 1. The van der Waals surface area contributed by atoms with Gasteiger partial charge in [-0.05, 0) is 36.2 Å². The minimum absolute atomic E-state index is 0.102.